The number of anilines is 1. The van der Waals surface area contributed by atoms with Crippen LogP contribution in [0.15, 0.2) is 18.2 Å². The van der Waals surface area contributed by atoms with E-state index in [9.17, 15) is 4.79 Å². The summed E-state index contributed by atoms with van der Waals surface area (Å²) in [6, 6.07) is 5.86. The first-order valence-corrected chi connectivity index (χ1v) is 7.31. The molecule has 1 aliphatic heterocycles. The van der Waals surface area contributed by atoms with Gasteiger partial charge in [-0.2, -0.15) is 0 Å². The highest BCUT2D eigenvalue weighted by Crippen LogP contribution is 2.58. The monoisotopic (exact) mass is 274 g/mol. The van der Waals surface area contributed by atoms with Crippen molar-refractivity contribution in [3.8, 4) is 5.75 Å². The van der Waals surface area contributed by atoms with Crippen LogP contribution in [-0.4, -0.2) is 26.1 Å². The van der Waals surface area contributed by atoms with E-state index in [1.165, 1.54) is 0 Å². The molecular weight excluding hydrogens is 252 g/mol. The third-order valence-corrected chi connectivity index (χ3v) is 4.72. The van der Waals surface area contributed by atoms with E-state index in [1.807, 2.05) is 25.1 Å². The summed E-state index contributed by atoms with van der Waals surface area (Å²) in [6.45, 7) is 4.09. The summed E-state index contributed by atoms with van der Waals surface area (Å²) in [6.07, 6.45) is 3.28. The van der Waals surface area contributed by atoms with Crippen LogP contribution in [0.25, 0.3) is 0 Å². The first-order valence-electron chi connectivity index (χ1n) is 7.31. The van der Waals surface area contributed by atoms with Gasteiger partial charge < -0.3 is 15.4 Å². The van der Waals surface area contributed by atoms with Crippen molar-refractivity contribution in [2.24, 2.45) is 11.3 Å². The Kier molecular flexibility index (Phi) is 3.42. The van der Waals surface area contributed by atoms with E-state index < -0.39 is 0 Å². The molecule has 0 aromatic heterocycles. The van der Waals surface area contributed by atoms with E-state index in [4.69, 9.17) is 4.74 Å². The smallest absolute Gasteiger partial charge is 0.228 e. The molecule has 1 unspecified atom stereocenters. The van der Waals surface area contributed by atoms with Crippen LogP contribution < -0.4 is 15.4 Å². The van der Waals surface area contributed by atoms with Gasteiger partial charge in [0.05, 0.1) is 12.8 Å². The Morgan fingerprint density at radius 2 is 2.15 bits per heavy atom. The number of rotatable bonds is 3. The second kappa shape index (κ2) is 5.09. The van der Waals surface area contributed by atoms with Crippen LogP contribution in [0.2, 0.25) is 0 Å². The number of nitrogens with one attached hydrogen (secondary N) is 2. The normalized spacial score (nSPS) is 23.4. The molecule has 20 heavy (non-hydrogen) atoms. The Morgan fingerprint density at radius 1 is 1.40 bits per heavy atom. The molecule has 1 saturated heterocycles. The van der Waals surface area contributed by atoms with Crippen molar-refractivity contribution in [2.75, 3.05) is 25.5 Å². The van der Waals surface area contributed by atoms with E-state index in [0.29, 0.717) is 0 Å². The number of hydrogen-bond acceptors (Lipinski definition) is 3. The van der Waals surface area contributed by atoms with Gasteiger partial charge in [0.2, 0.25) is 5.91 Å². The van der Waals surface area contributed by atoms with Gasteiger partial charge in [-0.05, 0) is 62.4 Å². The molecule has 0 bridgehead atoms. The lowest BCUT2D eigenvalue weighted by Crippen LogP contribution is -2.31. The maximum Gasteiger partial charge on any atom is 0.228 e. The Balaban J connectivity index is 1.68. The van der Waals surface area contributed by atoms with Crippen LogP contribution in [0.4, 0.5) is 5.69 Å². The third kappa shape index (κ3) is 2.40. The Morgan fingerprint density at radius 3 is 2.85 bits per heavy atom. The largest absolute Gasteiger partial charge is 0.495 e. The fourth-order valence-corrected chi connectivity index (χ4v) is 3.32. The first kappa shape index (κ1) is 13.4. The fraction of sp³-hybridized carbons (Fsp3) is 0.562. The van der Waals surface area contributed by atoms with Crippen LogP contribution in [0.5, 0.6) is 5.75 Å². The number of amides is 1. The number of carbonyl (C=O) groups excluding carboxylic acids is 1. The molecule has 2 aliphatic rings. The summed E-state index contributed by atoms with van der Waals surface area (Å²) < 4.78 is 5.34. The van der Waals surface area contributed by atoms with Gasteiger partial charge in [0.1, 0.15) is 5.75 Å². The second-order valence-corrected chi connectivity index (χ2v) is 6.06. The van der Waals surface area contributed by atoms with E-state index >= 15 is 0 Å². The van der Waals surface area contributed by atoms with Crippen molar-refractivity contribution < 1.29 is 9.53 Å². The van der Waals surface area contributed by atoms with Crippen LogP contribution in [0.3, 0.4) is 0 Å². The van der Waals surface area contributed by atoms with Crippen molar-refractivity contribution in [2.45, 2.75) is 26.2 Å². The van der Waals surface area contributed by atoms with Gasteiger partial charge in [0.15, 0.2) is 0 Å². The number of carbonyl (C=O) groups is 1. The predicted molar refractivity (Wildman–Crippen MR) is 79.0 cm³/mol. The van der Waals surface area contributed by atoms with Crippen LogP contribution in [0.1, 0.15) is 24.8 Å². The molecule has 1 aromatic carbocycles. The summed E-state index contributed by atoms with van der Waals surface area (Å²) in [7, 11) is 1.63. The predicted octanol–water partition coefficient (Wildman–Crippen LogP) is 2.33. The summed E-state index contributed by atoms with van der Waals surface area (Å²) in [4.78, 5) is 12.4. The SMILES string of the molecule is COc1cc(C)ccc1NC(=O)C1CC12CCNCC2. The molecule has 2 N–H and O–H groups in total. The van der Waals surface area contributed by atoms with E-state index in [1.54, 1.807) is 7.11 Å². The molecule has 1 aromatic rings. The maximum atomic E-state index is 12.4. The molecule has 3 rings (SSSR count). The zero-order chi connectivity index (χ0) is 14.2. The van der Waals surface area contributed by atoms with Gasteiger partial charge >= 0.3 is 0 Å². The quantitative estimate of drug-likeness (QED) is 0.889. The molecule has 2 fully saturated rings. The van der Waals surface area contributed by atoms with Gasteiger partial charge in [-0.15, -0.1) is 0 Å². The van der Waals surface area contributed by atoms with Gasteiger partial charge in [0, 0.05) is 5.92 Å². The Bertz CT molecular complexity index is 521. The van der Waals surface area contributed by atoms with Crippen molar-refractivity contribution in [3.05, 3.63) is 23.8 Å². The van der Waals surface area contributed by atoms with Crippen molar-refractivity contribution in [1.82, 2.24) is 5.32 Å². The molecule has 4 nitrogen and oxygen atoms in total. The topological polar surface area (TPSA) is 50.4 Å². The van der Waals surface area contributed by atoms with E-state index in [-0.39, 0.29) is 17.2 Å². The van der Waals surface area contributed by atoms with Gasteiger partial charge in [-0.25, -0.2) is 0 Å². The maximum absolute atomic E-state index is 12.4. The molecule has 4 heteroatoms. The highest BCUT2D eigenvalue weighted by molar-refractivity contribution is 5.96. The molecule has 1 saturated carbocycles. The first-order chi connectivity index (χ1) is 9.64. The number of aryl methyl sites for hydroxylation is 1. The molecule has 1 amide bonds. The third-order valence-electron chi connectivity index (χ3n) is 4.72. The zero-order valence-electron chi connectivity index (χ0n) is 12.2. The number of benzene rings is 1. The second-order valence-electron chi connectivity index (χ2n) is 6.06. The van der Waals surface area contributed by atoms with Gasteiger partial charge in [-0.3, -0.25) is 4.79 Å². The molecule has 1 aliphatic carbocycles. The lowest BCUT2D eigenvalue weighted by molar-refractivity contribution is -0.118. The van der Waals surface area contributed by atoms with Crippen LogP contribution >= 0.6 is 0 Å². The van der Waals surface area contributed by atoms with Gasteiger partial charge in [0.25, 0.3) is 0 Å². The lowest BCUT2D eigenvalue weighted by Gasteiger charge is -2.23. The standard InChI is InChI=1S/C16H22N2O2/c1-11-3-4-13(14(9-11)20-2)18-15(19)12-10-16(12)5-7-17-8-6-16/h3-4,9,12,17H,5-8,10H2,1-2H3,(H,18,19). The highest BCUT2D eigenvalue weighted by Gasteiger charge is 2.57. The lowest BCUT2D eigenvalue weighted by atomic mass is 9.92. The van der Waals surface area contributed by atoms with Crippen LogP contribution in [0, 0.1) is 18.3 Å². The zero-order valence-corrected chi connectivity index (χ0v) is 12.2. The molecule has 1 heterocycles. The number of hydrogen-bond donors (Lipinski definition) is 2. The fourth-order valence-electron chi connectivity index (χ4n) is 3.32. The van der Waals surface area contributed by atoms with E-state index in [0.717, 1.165) is 49.4 Å². The summed E-state index contributed by atoms with van der Waals surface area (Å²) in [5.41, 5.74) is 2.17. The summed E-state index contributed by atoms with van der Waals surface area (Å²) in [5, 5.41) is 6.40. The molecule has 0 radical (unpaired) electrons. The molecule has 108 valence electrons. The van der Waals surface area contributed by atoms with E-state index in [2.05, 4.69) is 10.6 Å². The van der Waals surface area contributed by atoms with Crippen molar-refractivity contribution in [1.29, 1.82) is 0 Å². The summed E-state index contributed by atoms with van der Waals surface area (Å²) in [5.74, 6) is 1.06. The van der Waals surface area contributed by atoms with Crippen molar-refractivity contribution in [3.63, 3.8) is 0 Å². The highest BCUT2D eigenvalue weighted by atomic mass is 16.5. The summed E-state index contributed by atoms with van der Waals surface area (Å²) >= 11 is 0. The van der Waals surface area contributed by atoms with Crippen molar-refractivity contribution >= 4 is 11.6 Å². The Labute approximate surface area is 119 Å². The van der Waals surface area contributed by atoms with Crippen LogP contribution in [-0.2, 0) is 4.79 Å². The molecule has 1 spiro atoms. The number of methoxy groups -OCH3 is 1. The minimum absolute atomic E-state index is 0.147. The molecular formula is C16H22N2O2. The number of ether oxygens (including phenoxy) is 1. The minimum atomic E-state index is 0.147. The minimum Gasteiger partial charge on any atom is -0.495 e. The Hall–Kier alpha value is -1.55. The average Bonchev–Trinajstić information content (AvgIpc) is 3.15. The molecule has 1 atom stereocenters. The average molecular weight is 274 g/mol. The number of piperidine rings is 1. The van der Waals surface area contributed by atoms with Gasteiger partial charge in [-0.1, -0.05) is 6.07 Å².